The van der Waals surface area contributed by atoms with E-state index in [1.165, 1.54) is 10.4 Å². The predicted octanol–water partition coefficient (Wildman–Crippen LogP) is 4.88. The second kappa shape index (κ2) is 8.49. The summed E-state index contributed by atoms with van der Waals surface area (Å²) < 4.78 is 27.8. The number of halogens is 1. The van der Waals surface area contributed by atoms with Gasteiger partial charge in [0.15, 0.2) is 0 Å². The Morgan fingerprint density at radius 2 is 1.70 bits per heavy atom. The molecule has 1 saturated heterocycles. The van der Waals surface area contributed by atoms with Gasteiger partial charge < -0.3 is 5.32 Å². The first-order chi connectivity index (χ1) is 14.4. The minimum atomic E-state index is -3.58. The summed E-state index contributed by atoms with van der Waals surface area (Å²) in [4.78, 5) is 13.1. The van der Waals surface area contributed by atoms with Gasteiger partial charge in [0.25, 0.3) is 5.91 Å². The average Bonchev–Trinajstić information content (AvgIpc) is 3.29. The van der Waals surface area contributed by atoms with E-state index in [9.17, 15) is 13.2 Å². The van der Waals surface area contributed by atoms with Crippen LogP contribution in [-0.4, -0.2) is 31.7 Å². The summed E-state index contributed by atoms with van der Waals surface area (Å²) in [5, 5.41) is 5.24. The molecule has 1 aliphatic heterocycles. The summed E-state index contributed by atoms with van der Waals surface area (Å²) in [5.41, 5.74) is 1.29. The van der Waals surface area contributed by atoms with Crippen molar-refractivity contribution in [3.8, 4) is 0 Å². The van der Waals surface area contributed by atoms with Crippen LogP contribution in [0.3, 0.4) is 0 Å². The molecule has 1 heterocycles. The number of carbonyl (C=O) groups is 1. The third kappa shape index (κ3) is 4.15. The van der Waals surface area contributed by atoms with E-state index >= 15 is 0 Å². The molecule has 3 aromatic rings. The molecule has 3 aromatic carbocycles. The Morgan fingerprint density at radius 1 is 1.00 bits per heavy atom. The Morgan fingerprint density at radius 3 is 2.43 bits per heavy atom. The van der Waals surface area contributed by atoms with Crippen molar-refractivity contribution in [2.24, 2.45) is 0 Å². The highest BCUT2D eigenvalue weighted by Gasteiger charge is 2.28. The molecule has 1 N–H and O–H groups in total. The maximum atomic E-state index is 13.0. The van der Waals surface area contributed by atoms with Gasteiger partial charge in [-0.2, -0.15) is 4.31 Å². The van der Waals surface area contributed by atoms with E-state index in [-0.39, 0.29) is 16.8 Å². The van der Waals surface area contributed by atoms with E-state index in [4.69, 9.17) is 0 Å². The SMILES string of the molecule is CC(NC(=O)c1cc(S(=O)(=O)N2CCCC2)ccc1Br)c1ccc2ccccc2c1. The van der Waals surface area contributed by atoms with Gasteiger partial charge in [-0.1, -0.05) is 36.4 Å². The van der Waals surface area contributed by atoms with Gasteiger partial charge in [-0.25, -0.2) is 8.42 Å². The van der Waals surface area contributed by atoms with E-state index in [0.717, 1.165) is 29.2 Å². The highest BCUT2D eigenvalue weighted by atomic mass is 79.9. The first kappa shape index (κ1) is 21.0. The fourth-order valence-corrected chi connectivity index (χ4v) is 5.72. The van der Waals surface area contributed by atoms with Crippen molar-refractivity contribution >= 4 is 42.6 Å². The maximum Gasteiger partial charge on any atom is 0.252 e. The minimum absolute atomic E-state index is 0.149. The number of hydrogen-bond acceptors (Lipinski definition) is 3. The molecule has 0 aliphatic carbocycles. The number of amides is 1. The van der Waals surface area contributed by atoms with Crippen LogP contribution in [-0.2, 0) is 10.0 Å². The van der Waals surface area contributed by atoms with E-state index in [0.29, 0.717) is 23.1 Å². The first-order valence-electron chi connectivity index (χ1n) is 9.95. The van der Waals surface area contributed by atoms with E-state index < -0.39 is 10.0 Å². The molecule has 1 unspecified atom stereocenters. The summed E-state index contributed by atoms with van der Waals surface area (Å²) in [5.74, 6) is -0.319. The Hall–Kier alpha value is -2.22. The number of benzene rings is 3. The van der Waals surface area contributed by atoms with Crippen molar-refractivity contribution in [2.75, 3.05) is 13.1 Å². The minimum Gasteiger partial charge on any atom is -0.345 e. The van der Waals surface area contributed by atoms with Crippen molar-refractivity contribution in [3.05, 3.63) is 76.3 Å². The standard InChI is InChI=1S/C23H23BrN2O3S/c1-16(18-9-8-17-6-2-3-7-19(17)14-18)25-23(27)21-15-20(10-11-22(21)24)30(28,29)26-12-4-5-13-26/h2-3,6-11,14-16H,4-5,12-13H2,1H3,(H,25,27). The lowest BCUT2D eigenvalue weighted by molar-refractivity contribution is 0.0939. The molecule has 1 aliphatic rings. The molecular formula is C23H23BrN2O3S. The molecule has 0 radical (unpaired) electrons. The Bertz CT molecular complexity index is 1200. The monoisotopic (exact) mass is 486 g/mol. The van der Waals surface area contributed by atoms with E-state index in [1.54, 1.807) is 12.1 Å². The Balaban J connectivity index is 1.57. The highest BCUT2D eigenvalue weighted by molar-refractivity contribution is 9.10. The molecule has 30 heavy (non-hydrogen) atoms. The number of sulfonamides is 1. The smallest absolute Gasteiger partial charge is 0.252 e. The van der Waals surface area contributed by atoms with Crippen LogP contribution >= 0.6 is 15.9 Å². The quantitative estimate of drug-likeness (QED) is 0.558. The van der Waals surface area contributed by atoms with Crippen LogP contribution < -0.4 is 5.32 Å². The zero-order valence-electron chi connectivity index (χ0n) is 16.6. The van der Waals surface area contributed by atoms with Crippen molar-refractivity contribution in [1.29, 1.82) is 0 Å². The number of nitrogens with one attached hydrogen (secondary N) is 1. The van der Waals surface area contributed by atoms with Crippen LogP contribution in [0.4, 0.5) is 0 Å². The molecule has 5 nitrogen and oxygen atoms in total. The van der Waals surface area contributed by atoms with E-state index in [2.05, 4.69) is 27.3 Å². The first-order valence-corrected chi connectivity index (χ1v) is 12.2. The van der Waals surface area contributed by atoms with Crippen LogP contribution in [0.1, 0.15) is 41.7 Å². The van der Waals surface area contributed by atoms with Gasteiger partial charge in [-0.05, 0) is 76.3 Å². The third-order valence-corrected chi connectivity index (χ3v) is 8.09. The van der Waals surface area contributed by atoms with Crippen LogP contribution in [0.15, 0.2) is 70.0 Å². The number of hydrogen-bond donors (Lipinski definition) is 1. The molecule has 1 amide bonds. The van der Waals surface area contributed by atoms with Crippen molar-refractivity contribution in [2.45, 2.75) is 30.7 Å². The molecule has 4 rings (SSSR count). The summed E-state index contributed by atoms with van der Waals surface area (Å²) in [7, 11) is -3.58. The summed E-state index contributed by atoms with van der Waals surface area (Å²) in [6.45, 7) is 2.97. The number of fused-ring (bicyclic) bond motifs is 1. The van der Waals surface area contributed by atoms with Crippen molar-refractivity contribution in [1.82, 2.24) is 9.62 Å². The van der Waals surface area contributed by atoms with Gasteiger partial charge in [-0.15, -0.1) is 0 Å². The van der Waals surface area contributed by atoms with Gasteiger partial charge in [-0.3, -0.25) is 4.79 Å². The molecule has 0 spiro atoms. The Kier molecular flexibility index (Phi) is 5.95. The van der Waals surface area contributed by atoms with Gasteiger partial charge in [0.2, 0.25) is 10.0 Å². The molecule has 156 valence electrons. The van der Waals surface area contributed by atoms with Gasteiger partial charge in [0.05, 0.1) is 16.5 Å². The topological polar surface area (TPSA) is 66.5 Å². The molecular weight excluding hydrogens is 464 g/mol. The molecule has 0 saturated carbocycles. The zero-order valence-corrected chi connectivity index (χ0v) is 19.0. The number of rotatable bonds is 5. The van der Waals surface area contributed by atoms with Crippen LogP contribution in [0.2, 0.25) is 0 Å². The lowest BCUT2D eigenvalue weighted by atomic mass is 10.0. The molecule has 1 atom stereocenters. The maximum absolute atomic E-state index is 13.0. The normalized spacial score (nSPS) is 15.9. The van der Waals surface area contributed by atoms with Crippen LogP contribution in [0.25, 0.3) is 10.8 Å². The predicted molar refractivity (Wildman–Crippen MR) is 122 cm³/mol. The van der Waals surface area contributed by atoms with E-state index in [1.807, 2.05) is 43.3 Å². The van der Waals surface area contributed by atoms with Crippen molar-refractivity contribution in [3.63, 3.8) is 0 Å². The lowest BCUT2D eigenvalue weighted by Gasteiger charge is -2.18. The molecule has 7 heteroatoms. The number of carbonyl (C=O) groups excluding carboxylic acids is 1. The average molecular weight is 487 g/mol. The van der Waals surface area contributed by atoms with Gasteiger partial charge in [0, 0.05) is 17.6 Å². The Labute approximate surface area is 185 Å². The van der Waals surface area contributed by atoms with Gasteiger partial charge >= 0.3 is 0 Å². The fourth-order valence-electron chi connectivity index (χ4n) is 3.75. The second-order valence-electron chi connectivity index (χ2n) is 7.55. The summed E-state index contributed by atoms with van der Waals surface area (Å²) in [6, 6.07) is 18.6. The summed E-state index contributed by atoms with van der Waals surface area (Å²) >= 11 is 3.39. The summed E-state index contributed by atoms with van der Waals surface area (Å²) in [6.07, 6.45) is 1.73. The second-order valence-corrected chi connectivity index (χ2v) is 10.3. The molecule has 1 fully saturated rings. The lowest BCUT2D eigenvalue weighted by Crippen LogP contribution is -2.29. The fraction of sp³-hybridized carbons (Fsp3) is 0.261. The van der Waals surface area contributed by atoms with Gasteiger partial charge in [0.1, 0.15) is 0 Å². The van der Waals surface area contributed by atoms with Crippen LogP contribution in [0.5, 0.6) is 0 Å². The third-order valence-electron chi connectivity index (χ3n) is 5.51. The molecule has 0 bridgehead atoms. The molecule has 0 aromatic heterocycles. The number of nitrogens with zero attached hydrogens (tertiary/aromatic N) is 1. The van der Waals surface area contributed by atoms with Crippen molar-refractivity contribution < 1.29 is 13.2 Å². The highest BCUT2D eigenvalue weighted by Crippen LogP contribution is 2.27. The largest absolute Gasteiger partial charge is 0.345 e. The van der Waals surface area contributed by atoms with Crippen LogP contribution in [0, 0.1) is 0 Å². The zero-order chi connectivity index (χ0) is 21.3.